The van der Waals surface area contributed by atoms with E-state index in [0.29, 0.717) is 0 Å². The number of hydrogen-bond acceptors (Lipinski definition) is 4. The monoisotopic (exact) mass is 379 g/mol. The molecular weight excluding hydrogens is 346 g/mol. The quantitative estimate of drug-likeness (QED) is 0.334. The van der Waals surface area contributed by atoms with E-state index in [-0.39, 0.29) is 5.56 Å². The highest BCUT2D eigenvalue weighted by Crippen LogP contribution is 2.26. The van der Waals surface area contributed by atoms with E-state index in [2.05, 4.69) is 18.7 Å². The second-order valence-electron chi connectivity index (χ2n) is 6.98. The zero-order valence-corrected chi connectivity index (χ0v) is 16.5. The summed E-state index contributed by atoms with van der Waals surface area (Å²) in [6.45, 7) is 6.17. The summed E-state index contributed by atoms with van der Waals surface area (Å²) < 4.78 is 0. The Hall–Kier alpha value is -2.08. The van der Waals surface area contributed by atoms with Crippen LogP contribution in [0.2, 0.25) is 0 Å². The van der Waals surface area contributed by atoms with Gasteiger partial charge in [0, 0.05) is 24.3 Å². The summed E-state index contributed by atoms with van der Waals surface area (Å²) >= 11 is 0. The van der Waals surface area contributed by atoms with Crippen molar-refractivity contribution in [3.63, 3.8) is 0 Å². The van der Waals surface area contributed by atoms with Crippen LogP contribution >= 0.6 is 0 Å². The van der Waals surface area contributed by atoms with Crippen molar-refractivity contribution >= 4 is 17.6 Å². The lowest BCUT2D eigenvalue weighted by molar-refractivity contribution is -0.177. The van der Waals surface area contributed by atoms with Crippen LogP contribution in [-0.2, 0) is 15.2 Å². The molecule has 0 fully saturated rings. The summed E-state index contributed by atoms with van der Waals surface area (Å²) in [5, 5.41) is 28.3. The molecule has 0 aromatic heterocycles. The van der Waals surface area contributed by atoms with Crippen molar-refractivity contribution in [2.24, 2.45) is 0 Å². The SMILES string of the molecule is CCCCCCN(CCCCCC)c1ccc(C(O)(C(=O)O)C(=O)O)cc1. The van der Waals surface area contributed by atoms with Crippen LogP contribution in [0.1, 0.15) is 70.8 Å². The minimum Gasteiger partial charge on any atom is -0.478 e. The Morgan fingerprint density at radius 1 is 0.815 bits per heavy atom. The van der Waals surface area contributed by atoms with Crippen molar-refractivity contribution in [3.8, 4) is 0 Å². The predicted molar refractivity (Wildman–Crippen MR) is 106 cm³/mol. The summed E-state index contributed by atoms with van der Waals surface area (Å²) in [6, 6.07) is 6.18. The molecule has 3 N–H and O–H groups in total. The molecular formula is C21H33NO5. The normalized spacial score (nSPS) is 11.4. The van der Waals surface area contributed by atoms with Crippen molar-refractivity contribution in [1.82, 2.24) is 0 Å². The second-order valence-corrected chi connectivity index (χ2v) is 6.98. The van der Waals surface area contributed by atoms with Crippen molar-refractivity contribution in [1.29, 1.82) is 0 Å². The number of hydrogen-bond donors (Lipinski definition) is 3. The first-order valence-corrected chi connectivity index (χ1v) is 9.92. The largest absolute Gasteiger partial charge is 0.478 e. The van der Waals surface area contributed by atoms with Gasteiger partial charge in [-0.2, -0.15) is 0 Å². The molecule has 0 aliphatic rings. The molecule has 0 amide bonds. The molecule has 0 heterocycles. The van der Waals surface area contributed by atoms with Gasteiger partial charge in [-0.1, -0.05) is 64.5 Å². The highest BCUT2D eigenvalue weighted by molar-refractivity contribution is 6.02. The van der Waals surface area contributed by atoms with Crippen molar-refractivity contribution in [2.75, 3.05) is 18.0 Å². The van der Waals surface area contributed by atoms with Crippen molar-refractivity contribution < 1.29 is 24.9 Å². The maximum absolute atomic E-state index is 11.2. The lowest BCUT2D eigenvalue weighted by Gasteiger charge is -2.26. The number of carboxylic acids is 2. The van der Waals surface area contributed by atoms with Gasteiger partial charge in [0.25, 0.3) is 5.60 Å². The van der Waals surface area contributed by atoms with Crippen LogP contribution in [0.25, 0.3) is 0 Å². The number of rotatable bonds is 14. The van der Waals surface area contributed by atoms with E-state index in [1.54, 1.807) is 12.1 Å². The van der Waals surface area contributed by atoms with Gasteiger partial charge in [-0.15, -0.1) is 0 Å². The first kappa shape index (κ1) is 23.0. The topological polar surface area (TPSA) is 98.1 Å². The molecule has 0 saturated carbocycles. The van der Waals surface area contributed by atoms with Crippen LogP contribution in [-0.4, -0.2) is 40.3 Å². The molecule has 0 atom stereocenters. The first-order chi connectivity index (χ1) is 12.9. The minimum absolute atomic E-state index is 0.150. The van der Waals surface area contributed by atoms with Gasteiger partial charge in [0.15, 0.2) is 0 Å². The molecule has 6 nitrogen and oxygen atoms in total. The Labute approximate surface area is 161 Å². The highest BCUT2D eigenvalue weighted by Gasteiger charge is 2.46. The molecule has 0 spiro atoms. The fourth-order valence-corrected chi connectivity index (χ4v) is 3.08. The van der Waals surface area contributed by atoms with Gasteiger partial charge in [-0.25, -0.2) is 9.59 Å². The van der Waals surface area contributed by atoms with E-state index in [1.165, 1.54) is 37.8 Å². The number of unbranched alkanes of at least 4 members (excludes halogenated alkanes) is 6. The zero-order chi connectivity index (χ0) is 20.3. The lowest BCUT2D eigenvalue weighted by atomic mass is 9.94. The average Bonchev–Trinajstić information content (AvgIpc) is 2.66. The third kappa shape index (κ3) is 6.54. The van der Waals surface area contributed by atoms with Crippen molar-refractivity contribution in [2.45, 2.75) is 70.8 Å². The molecule has 0 bridgehead atoms. The molecule has 27 heavy (non-hydrogen) atoms. The van der Waals surface area contributed by atoms with Crippen molar-refractivity contribution in [3.05, 3.63) is 29.8 Å². The van der Waals surface area contributed by atoms with Gasteiger partial charge in [-0.3, -0.25) is 0 Å². The number of carboxylic acid groups (broad SMARTS) is 2. The molecule has 0 aliphatic heterocycles. The van der Waals surface area contributed by atoms with Crippen LogP contribution in [0.4, 0.5) is 5.69 Å². The van der Waals surface area contributed by atoms with E-state index >= 15 is 0 Å². The molecule has 0 saturated heterocycles. The summed E-state index contributed by atoms with van der Waals surface area (Å²) in [4.78, 5) is 24.8. The van der Waals surface area contributed by atoms with E-state index in [0.717, 1.165) is 44.5 Å². The lowest BCUT2D eigenvalue weighted by Crippen LogP contribution is -2.43. The van der Waals surface area contributed by atoms with Crippen LogP contribution in [0.15, 0.2) is 24.3 Å². The fourth-order valence-electron chi connectivity index (χ4n) is 3.08. The highest BCUT2D eigenvalue weighted by atomic mass is 16.4. The number of aliphatic hydroxyl groups is 1. The molecule has 1 aromatic carbocycles. The fraction of sp³-hybridized carbons (Fsp3) is 0.619. The molecule has 1 rings (SSSR count). The van der Waals surface area contributed by atoms with Gasteiger partial charge >= 0.3 is 11.9 Å². The Kier molecular flexibility index (Phi) is 9.86. The van der Waals surface area contributed by atoms with Gasteiger partial charge in [-0.05, 0) is 25.0 Å². The molecule has 0 aliphatic carbocycles. The Bertz CT molecular complexity index is 559. The molecule has 0 unspecified atom stereocenters. The Morgan fingerprint density at radius 2 is 1.26 bits per heavy atom. The van der Waals surface area contributed by atoms with Gasteiger partial charge < -0.3 is 20.2 Å². The number of aliphatic carboxylic acids is 2. The number of carbonyl (C=O) groups is 2. The summed E-state index contributed by atoms with van der Waals surface area (Å²) in [5.41, 5.74) is -2.15. The minimum atomic E-state index is -2.92. The van der Waals surface area contributed by atoms with Gasteiger partial charge in [0.2, 0.25) is 0 Å². The molecule has 6 heteroatoms. The number of benzene rings is 1. The maximum atomic E-state index is 11.2. The first-order valence-electron chi connectivity index (χ1n) is 9.92. The summed E-state index contributed by atoms with van der Waals surface area (Å²) in [6.07, 6.45) is 9.24. The molecule has 1 aromatic rings. The maximum Gasteiger partial charge on any atom is 0.352 e. The van der Waals surface area contributed by atoms with E-state index in [4.69, 9.17) is 10.2 Å². The molecule has 152 valence electrons. The average molecular weight is 379 g/mol. The summed E-state index contributed by atoms with van der Waals surface area (Å²) in [5.74, 6) is -3.59. The third-order valence-corrected chi connectivity index (χ3v) is 4.83. The third-order valence-electron chi connectivity index (χ3n) is 4.83. The Balaban J connectivity index is 2.90. The summed E-state index contributed by atoms with van der Waals surface area (Å²) in [7, 11) is 0. The smallest absolute Gasteiger partial charge is 0.352 e. The Morgan fingerprint density at radius 3 is 1.63 bits per heavy atom. The van der Waals surface area contributed by atoms with Crippen LogP contribution in [0.3, 0.4) is 0 Å². The number of nitrogens with zero attached hydrogens (tertiary/aromatic N) is 1. The zero-order valence-electron chi connectivity index (χ0n) is 16.5. The predicted octanol–water partition coefficient (Wildman–Crippen LogP) is 4.01. The standard InChI is InChI=1S/C21H33NO5/c1-3-5-7-9-15-22(16-10-8-6-4-2)18-13-11-17(12-14-18)21(27,19(23)24)20(25)26/h11-14,27H,3-10,15-16H2,1-2H3,(H,23,24)(H,25,26). The van der Waals surface area contributed by atoms with E-state index < -0.39 is 17.5 Å². The molecule has 0 radical (unpaired) electrons. The van der Waals surface area contributed by atoms with E-state index in [9.17, 15) is 14.7 Å². The van der Waals surface area contributed by atoms with Crippen LogP contribution < -0.4 is 4.90 Å². The van der Waals surface area contributed by atoms with Crippen LogP contribution in [0, 0.1) is 0 Å². The van der Waals surface area contributed by atoms with Gasteiger partial charge in [0.05, 0.1) is 0 Å². The second kappa shape index (κ2) is 11.6. The van der Waals surface area contributed by atoms with E-state index in [1.807, 2.05) is 0 Å². The number of anilines is 1. The van der Waals surface area contributed by atoms with Gasteiger partial charge in [0.1, 0.15) is 0 Å². The van der Waals surface area contributed by atoms with Crippen LogP contribution in [0.5, 0.6) is 0 Å².